The van der Waals surface area contributed by atoms with E-state index in [1.165, 1.54) is 6.21 Å². The van der Waals surface area contributed by atoms with Gasteiger partial charge in [0.05, 0.1) is 18.6 Å². The van der Waals surface area contributed by atoms with Gasteiger partial charge in [-0.05, 0) is 13.3 Å². The first kappa shape index (κ1) is 11.1. The van der Waals surface area contributed by atoms with Crippen LogP contribution in [0.15, 0.2) is 4.99 Å². The molecule has 0 heterocycles. The van der Waals surface area contributed by atoms with Crippen LogP contribution in [0.5, 0.6) is 0 Å². The fourth-order valence-corrected chi connectivity index (χ4v) is 0.674. The molecule has 0 rings (SSSR count). The number of aliphatic carboxylic acids is 1. The van der Waals surface area contributed by atoms with E-state index in [0.717, 1.165) is 0 Å². The third-order valence-corrected chi connectivity index (χ3v) is 1.34. The zero-order valence-electron chi connectivity index (χ0n) is 7.45. The van der Waals surface area contributed by atoms with E-state index in [9.17, 15) is 9.90 Å². The van der Waals surface area contributed by atoms with E-state index < -0.39 is 12.0 Å². The molecule has 70 valence electrons. The number of carbonyl (C=O) groups excluding carboxylic acids is 1. The van der Waals surface area contributed by atoms with E-state index in [1.807, 2.05) is 6.92 Å². The molecular formula is C8H14NO3-. The molecule has 12 heavy (non-hydrogen) atoms. The van der Waals surface area contributed by atoms with E-state index in [1.54, 1.807) is 6.92 Å². The number of ether oxygens (including phenoxy) is 1. The van der Waals surface area contributed by atoms with Gasteiger partial charge in [-0.25, -0.2) is 0 Å². The lowest BCUT2D eigenvalue weighted by Gasteiger charge is -2.09. The molecule has 4 nitrogen and oxygen atoms in total. The zero-order valence-corrected chi connectivity index (χ0v) is 7.45. The summed E-state index contributed by atoms with van der Waals surface area (Å²) in [6, 6.07) is -0.731. The van der Waals surface area contributed by atoms with E-state index in [4.69, 9.17) is 4.74 Å². The van der Waals surface area contributed by atoms with Crippen molar-refractivity contribution >= 4 is 12.2 Å². The molecule has 0 aliphatic heterocycles. The minimum Gasteiger partial charge on any atom is -0.548 e. The maximum atomic E-state index is 10.3. The van der Waals surface area contributed by atoms with Gasteiger partial charge in [-0.2, -0.15) is 0 Å². The summed E-state index contributed by atoms with van der Waals surface area (Å²) in [6.45, 7) is 4.58. The highest BCUT2D eigenvalue weighted by Gasteiger charge is 2.01. The summed E-state index contributed by atoms with van der Waals surface area (Å²) >= 11 is 0. The van der Waals surface area contributed by atoms with Crippen LogP contribution in [-0.2, 0) is 9.53 Å². The van der Waals surface area contributed by atoms with Crippen molar-refractivity contribution in [2.75, 3.05) is 13.2 Å². The van der Waals surface area contributed by atoms with E-state index in [-0.39, 0.29) is 0 Å². The number of aliphatic imine (C=N–C) groups is 1. The van der Waals surface area contributed by atoms with Gasteiger partial charge in [0.2, 0.25) is 0 Å². The Bertz CT molecular complexity index is 156. The molecule has 4 heteroatoms. The summed E-state index contributed by atoms with van der Waals surface area (Å²) in [6.07, 6.45) is 1.92. The highest BCUT2D eigenvalue weighted by molar-refractivity contribution is 5.74. The van der Waals surface area contributed by atoms with Crippen LogP contribution in [0.25, 0.3) is 0 Å². The molecule has 0 saturated heterocycles. The van der Waals surface area contributed by atoms with E-state index >= 15 is 0 Å². The van der Waals surface area contributed by atoms with Crippen LogP contribution in [-0.4, -0.2) is 31.4 Å². The fraction of sp³-hybridized carbons (Fsp3) is 0.750. The Kier molecular flexibility index (Phi) is 6.28. The summed E-state index contributed by atoms with van der Waals surface area (Å²) in [5, 5.41) is 10.3. The monoisotopic (exact) mass is 172 g/mol. The smallest absolute Gasteiger partial charge is 0.0887 e. The second-order valence-corrected chi connectivity index (χ2v) is 2.23. The molecule has 0 aromatic carbocycles. The number of carboxylic acid groups (broad SMARTS) is 1. The Morgan fingerprint density at radius 3 is 2.75 bits per heavy atom. The maximum Gasteiger partial charge on any atom is 0.0887 e. The van der Waals surface area contributed by atoms with Crippen LogP contribution in [0.3, 0.4) is 0 Å². The molecule has 0 amide bonds. The molecular weight excluding hydrogens is 158 g/mol. The van der Waals surface area contributed by atoms with Crippen LogP contribution in [0.1, 0.15) is 20.3 Å². The first-order chi connectivity index (χ1) is 5.72. The Balaban J connectivity index is 3.69. The van der Waals surface area contributed by atoms with Crippen molar-refractivity contribution in [1.29, 1.82) is 0 Å². The zero-order chi connectivity index (χ0) is 9.40. The number of carbonyl (C=O) groups is 1. The predicted molar refractivity (Wildman–Crippen MR) is 44.1 cm³/mol. The Hall–Kier alpha value is -0.900. The predicted octanol–water partition coefficient (Wildman–Crippen LogP) is -0.378. The average molecular weight is 172 g/mol. The molecule has 0 radical (unpaired) electrons. The lowest BCUT2D eigenvalue weighted by Crippen LogP contribution is -2.34. The van der Waals surface area contributed by atoms with Gasteiger partial charge in [-0.3, -0.25) is 4.99 Å². The quantitative estimate of drug-likeness (QED) is 0.405. The standard InChI is InChI=1S/C8H15NO3/c1-3-7(8(10)11)9-5-6-12-4-2/h5,7H,3-4,6H2,1-2H3,(H,10,11)/p-1. The molecule has 0 spiro atoms. The second kappa shape index (κ2) is 6.79. The number of nitrogens with zero attached hydrogens (tertiary/aromatic N) is 1. The van der Waals surface area contributed by atoms with Crippen LogP contribution in [0.4, 0.5) is 0 Å². The van der Waals surface area contributed by atoms with Gasteiger partial charge in [-0.15, -0.1) is 0 Å². The number of hydrogen-bond acceptors (Lipinski definition) is 4. The minimum absolute atomic E-state index is 0.361. The van der Waals surface area contributed by atoms with Gasteiger partial charge in [0.15, 0.2) is 0 Å². The Morgan fingerprint density at radius 1 is 1.67 bits per heavy atom. The highest BCUT2D eigenvalue weighted by atomic mass is 16.5. The molecule has 0 saturated carbocycles. The number of hydrogen-bond donors (Lipinski definition) is 0. The molecule has 1 unspecified atom stereocenters. The van der Waals surface area contributed by atoms with Gasteiger partial charge >= 0.3 is 0 Å². The normalized spacial score (nSPS) is 13.5. The minimum atomic E-state index is -1.13. The van der Waals surface area contributed by atoms with Crippen molar-refractivity contribution in [3.8, 4) is 0 Å². The summed E-state index contributed by atoms with van der Waals surface area (Å²) in [7, 11) is 0. The van der Waals surface area contributed by atoms with Crippen LogP contribution < -0.4 is 5.11 Å². The number of carboxylic acids is 1. The summed E-state index contributed by atoms with van der Waals surface area (Å²) < 4.78 is 4.95. The molecule has 0 fully saturated rings. The first-order valence-corrected chi connectivity index (χ1v) is 4.02. The van der Waals surface area contributed by atoms with Crippen LogP contribution in [0.2, 0.25) is 0 Å². The molecule has 1 atom stereocenters. The van der Waals surface area contributed by atoms with Crippen molar-refractivity contribution < 1.29 is 14.6 Å². The van der Waals surface area contributed by atoms with Crippen molar-refractivity contribution in [3.05, 3.63) is 0 Å². The fourth-order valence-electron chi connectivity index (χ4n) is 0.674. The molecule has 0 bridgehead atoms. The largest absolute Gasteiger partial charge is 0.548 e. The first-order valence-electron chi connectivity index (χ1n) is 4.02. The lowest BCUT2D eigenvalue weighted by molar-refractivity contribution is -0.307. The van der Waals surface area contributed by atoms with E-state index in [2.05, 4.69) is 4.99 Å². The van der Waals surface area contributed by atoms with Crippen molar-refractivity contribution in [1.82, 2.24) is 0 Å². The summed E-state index contributed by atoms with van der Waals surface area (Å²) in [4.78, 5) is 14.1. The highest BCUT2D eigenvalue weighted by Crippen LogP contribution is 1.93. The average Bonchev–Trinajstić information content (AvgIpc) is 2.04. The molecule has 0 aromatic heterocycles. The Labute approximate surface area is 72.3 Å². The second-order valence-electron chi connectivity index (χ2n) is 2.23. The van der Waals surface area contributed by atoms with Gasteiger partial charge in [0.1, 0.15) is 0 Å². The number of rotatable bonds is 6. The van der Waals surface area contributed by atoms with E-state index in [0.29, 0.717) is 19.6 Å². The molecule has 0 aliphatic carbocycles. The van der Waals surface area contributed by atoms with Gasteiger partial charge in [0.25, 0.3) is 0 Å². The van der Waals surface area contributed by atoms with Crippen LogP contribution in [0, 0.1) is 0 Å². The van der Waals surface area contributed by atoms with Gasteiger partial charge in [-0.1, -0.05) is 6.92 Å². The Morgan fingerprint density at radius 2 is 2.33 bits per heavy atom. The topological polar surface area (TPSA) is 61.7 Å². The van der Waals surface area contributed by atoms with Crippen molar-refractivity contribution in [2.24, 2.45) is 4.99 Å². The van der Waals surface area contributed by atoms with Crippen molar-refractivity contribution in [2.45, 2.75) is 26.3 Å². The SMILES string of the molecule is CCOCC=NC(CC)C(=O)[O-]. The van der Waals surface area contributed by atoms with Crippen molar-refractivity contribution in [3.63, 3.8) is 0 Å². The molecule has 0 aliphatic rings. The van der Waals surface area contributed by atoms with Gasteiger partial charge in [0, 0.05) is 12.8 Å². The van der Waals surface area contributed by atoms with Gasteiger partial charge < -0.3 is 14.6 Å². The third kappa shape index (κ3) is 4.85. The maximum absolute atomic E-state index is 10.3. The molecule has 0 N–H and O–H groups in total. The summed E-state index contributed by atoms with van der Waals surface area (Å²) in [5.74, 6) is -1.13. The lowest BCUT2D eigenvalue weighted by atomic mass is 10.2. The third-order valence-electron chi connectivity index (χ3n) is 1.34. The van der Waals surface area contributed by atoms with Crippen LogP contribution >= 0.6 is 0 Å². The summed E-state index contributed by atoms with van der Waals surface area (Å²) in [5.41, 5.74) is 0. The molecule has 0 aromatic rings.